The highest BCUT2D eigenvalue weighted by atomic mass is 15.1. The Morgan fingerprint density at radius 3 is 1.56 bits per heavy atom. The van der Waals surface area contributed by atoms with Crippen molar-refractivity contribution in [3.05, 3.63) is 204 Å². The van der Waals surface area contributed by atoms with Crippen LogP contribution >= 0.6 is 0 Å². The smallest absolute Gasteiger partial charge is 0.0714 e. The molecule has 7 aromatic rings. The minimum absolute atomic E-state index is 0.426. The van der Waals surface area contributed by atoms with E-state index >= 15 is 0 Å². The standard InChI is InChI=1S/C44H33N/c1-45(43-29-26-34(32-16-6-2-7-17-32)30-40(43)33-18-8-3-9-19-33)37-27-28-39-38-24-14-15-25-41(38)44(42(39)31-37,35-20-10-4-11-21-35)36-22-12-5-13-23-36/h2-31H,1H3. The van der Waals surface area contributed by atoms with Gasteiger partial charge in [-0.1, -0.05) is 158 Å². The lowest BCUT2D eigenvalue weighted by atomic mass is 9.67. The highest BCUT2D eigenvalue weighted by Crippen LogP contribution is 2.57. The van der Waals surface area contributed by atoms with E-state index in [0.29, 0.717) is 0 Å². The highest BCUT2D eigenvalue weighted by Gasteiger charge is 2.46. The molecule has 0 aromatic heterocycles. The average molecular weight is 576 g/mol. The second kappa shape index (κ2) is 11.1. The summed E-state index contributed by atoms with van der Waals surface area (Å²) in [6.45, 7) is 0. The molecule has 0 radical (unpaired) electrons. The molecule has 7 aromatic carbocycles. The quantitative estimate of drug-likeness (QED) is 0.191. The van der Waals surface area contributed by atoms with Crippen LogP contribution in [0.25, 0.3) is 33.4 Å². The molecule has 0 saturated heterocycles. The summed E-state index contributed by atoms with van der Waals surface area (Å²) in [5, 5.41) is 0. The number of hydrogen-bond donors (Lipinski definition) is 0. The molecule has 45 heavy (non-hydrogen) atoms. The molecule has 0 amide bonds. The maximum Gasteiger partial charge on any atom is 0.0714 e. The van der Waals surface area contributed by atoms with E-state index in [-0.39, 0.29) is 0 Å². The van der Waals surface area contributed by atoms with E-state index in [2.05, 4.69) is 194 Å². The first-order valence-corrected chi connectivity index (χ1v) is 15.6. The zero-order valence-corrected chi connectivity index (χ0v) is 25.3. The van der Waals surface area contributed by atoms with Gasteiger partial charge in [-0.15, -0.1) is 0 Å². The van der Waals surface area contributed by atoms with Crippen molar-refractivity contribution in [1.82, 2.24) is 0 Å². The largest absolute Gasteiger partial charge is 0.344 e. The summed E-state index contributed by atoms with van der Waals surface area (Å²) in [5.74, 6) is 0. The molecule has 0 saturated carbocycles. The Morgan fingerprint density at radius 1 is 0.378 bits per heavy atom. The van der Waals surface area contributed by atoms with Crippen molar-refractivity contribution in [2.75, 3.05) is 11.9 Å². The minimum Gasteiger partial charge on any atom is -0.344 e. The van der Waals surface area contributed by atoms with Crippen LogP contribution in [0.5, 0.6) is 0 Å². The molecule has 1 nitrogen and oxygen atoms in total. The van der Waals surface area contributed by atoms with Gasteiger partial charge in [-0.3, -0.25) is 0 Å². The van der Waals surface area contributed by atoms with Gasteiger partial charge in [0, 0.05) is 24.0 Å². The summed E-state index contributed by atoms with van der Waals surface area (Å²) in [4.78, 5) is 2.35. The first kappa shape index (κ1) is 26.9. The predicted molar refractivity (Wildman–Crippen MR) is 189 cm³/mol. The fourth-order valence-corrected chi connectivity index (χ4v) is 7.27. The van der Waals surface area contributed by atoms with Crippen molar-refractivity contribution in [2.24, 2.45) is 0 Å². The van der Waals surface area contributed by atoms with Crippen molar-refractivity contribution < 1.29 is 0 Å². The van der Waals surface area contributed by atoms with Crippen LogP contribution in [0.1, 0.15) is 22.3 Å². The molecule has 1 aliphatic carbocycles. The molecule has 1 aliphatic rings. The van der Waals surface area contributed by atoms with Crippen LogP contribution in [0.2, 0.25) is 0 Å². The lowest BCUT2D eigenvalue weighted by Gasteiger charge is -2.34. The molecule has 0 fully saturated rings. The second-order valence-electron chi connectivity index (χ2n) is 11.8. The molecule has 0 spiro atoms. The van der Waals surface area contributed by atoms with Gasteiger partial charge in [0.25, 0.3) is 0 Å². The third-order valence-corrected chi connectivity index (χ3v) is 9.38. The van der Waals surface area contributed by atoms with E-state index < -0.39 is 5.41 Å². The number of fused-ring (bicyclic) bond motifs is 3. The molecule has 0 N–H and O–H groups in total. The molecular formula is C44H33N. The van der Waals surface area contributed by atoms with Gasteiger partial charge >= 0.3 is 0 Å². The first-order valence-electron chi connectivity index (χ1n) is 15.6. The topological polar surface area (TPSA) is 3.24 Å². The number of rotatable bonds is 6. The van der Waals surface area contributed by atoms with E-state index in [9.17, 15) is 0 Å². The summed E-state index contributed by atoms with van der Waals surface area (Å²) in [5.41, 5.74) is 14.5. The number of hydrogen-bond acceptors (Lipinski definition) is 1. The van der Waals surface area contributed by atoms with Gasteiger partial charge < -0.3 is 4.90 Å². The van der Waals surface area contributed by atoms with Gasteiger partial charge in [-0.05, 0) is 74.3 Å². The number of nitrogens with zero attached hydrogens (tertiary/aromatic N) is 1. The first-order chi connectivity index (χ1) is 22.2. The van der Waals surface area contributed by atoms with Crippen LogP contribution < -0.4 is 4.90 Å². The lowest BCUT2D eigenvalue weighted by molar-refractivity contribution is 0.768. The third kappa shape index (κ3) is 4.39. The van der Waals surface area contributed by atoms with Crippen LogP contribution in [-0.4, -0.2) is 7.05 Å². The lowest BCUT2D eigenvalue weighted by Crippen LogP contribution is -2.28. The number of anilines is 2. The van der Waals surface area contributed by atoms with Gasteiger partial charge in [0.05, 0.1) is 5.41 Å². The zero-order chi connectivity index (χ0) is 30.2. The Labute approximate surface area is 265 Å². The van der Waals surface area contributed by atoms with Crippen molar-refractivity contribution in [1.29, 1.82) is 0 Å². The summed E-state index contributed by atoms with van der Waals surface area (Å²) >= 11 is 0. The Morgan fingerprint density at radius 2 is 0.911 bits per heavy atom. The van der Waals surface area contributed by atoms with Crippen LogP contribution in [0.3, 0.4) is 0 Å². The fourth-order valence-electron chi connectivity index (χ4n) is 7.27. The van der Waals surface area contributed by atoms with Gasteiger partial charge in [0.2, 0.25) is 0 Å². The van der Waals surface area contributed by atoms with Crippen LogP contribution in [0, 0.1) is 0 Å². The Balaban J connectivity index is 1.34. The van der Waals surface area contributed by atoms with Gasteiger partial charge in [0.1, 0.15) is 0 Å². The monoisotopic (exact) mass is 575 g/mol. The fraction of sp³-hybridized carbons (Fsp3) is 0.0455. The predicted octanol–water partition coefficient (Wildman–Crippen LogP) is 11.2. The van der Waals surface area contributed by atoms with Crippen molar-refractivity contribution in [3.63, 3.8) is 0 Å². The SMILES string of the molecule is CN(c1ccc2c(c1)C(c1ccccc1)(c1ccccc1)c1ccccc1-2)c1ccc(-c2ccccc2)cc1-c1ccccc1. The molecule has 0 unspecified atom stereocenters. The molecule has 214 valence electrons. The molecule has 0 atom stereocenters. The molecule has 0 heterocycles. The van der Waals surface area contributed by atoms with Gasteiger partial charge in [0.15, 0.2) is 0 Å². The van der Waals surface area contributed by atoms with Crippen molar-refractivity contribution >= 4 is 11.4 Å². The van der Waals surface area contributed by atoms with Crippen molar-refractivity contribution in [2.45, 2.75) is 5.41 Å². The van der Waals surface area contributed by atoms with Gasteiger partial charge in [-0.25, -0.2) is 0 Å². The average Bonchev–Trinajstić information content (AvgIpc) is 3.43. The third-order valence-electron chi connectivity index (χ3n) is 9.38. The zero-order valence-electron chi connectivity index (χ0n) is 25.3. The van der Waals surface area contributed by atoms with Crippen LogP contribution in [-0.2, 0) is 5.41 Å². The Hall–Kier alpha value is -5.66. The van der Waals surface area contributed by atoms with E-state index in [0.717, 1.165) is 5.69 Å². The maximum absolute atomic E-state index is 2.43. The Kier molecular flexibility index (Phi) is 6.65. The molecule has 0 aliphatic heterocycles. The molecule has 0 bridgehead atoms. The van der Waals surface area contributed by atoms with Gasteiger partial charge in [-0.2, -0.15) is 0 Å². The van der Waals surface area contributed by atoms with E-state index in [1.54, 1.807) is 0 Å². The minimum atomic E-state index is -0.426. The molecule has 8 rings (SSSR count). The molecular weight excluding hydrogens is 542 g/mol. The normalized spacial score (nSPS) is 12.7. The van der Waals surface area contributed by atoms with E-state index in [1.165, 1.54) is 61.3 Å². The molecule has 1 heteroatoms. The van der Waals surface area contributed by atoms with E-state index in [1.807, 2.05) is 0 Å². The second-order valence-corrected chi connectivity index (χ2v) is 11.8. The van der Waals surface area contributed by atoms with Crippen molar-refractivity contribution in [3.8, 4) is 33.4 Å². The number of benzene rings is 7. The summed E-state index contributed by atoms with van der Waals surface area (Å²) in [6, 6.07) is 66.2. The Bertz CT molecular complexity index is 2060. The van der Waals surface area contributed by atoms with Crippen LogP contribution in [0.15, 0.2) is 182 Å². The summed E-state index contributed by atoms with van der Waals surface area (Å²) in [7, 11) is 2.19. The highest BCUT2D eigenvalue weighted by molar-refractivity contribution is 5.90. The summed E-state index contributed by atoms with van der Waals surface area (Å²) < 4.78 is 0. The summed E-state index contributed by atoms with van der Waals surface area (Å²) in [6.07, 6.45) is 0. The van der Waals surface area contributed by atoms with Crippen LogP contribution in [0.4, 0.5) is 11.4 Å². The maximum atomic E-state index is 2.43. The van der Waals surface area contributed by atoms with E-state index in [4.69, 9.17) is 0 Å².